The molecule has 0 spiro atoms. The topological polar surface area (TPSA) is 100 Å². The first kappa shape index (κ1) is 24.2. The largest absolute Gasteiger partial charge is 0.477 e. The minimum Gasteiger partial charge on any atom is -0.477 e. The summed E-state index contributed by atoms with van der Waals surface area (Å²) >= 11 is 6.17. The van der Waals surface area contributed by atoms with Gasteiger partial charge in [-0.3, -0.25) is 9.59 Å². The van der Waals surface area contributed by atoms with Gasteiger partial charge in [0.15, 0.2) is 0 Å². The van der Waals surface area contributed by atoms with Crippen molar-refractivity contribution in [1.29, 1.82) is 0 Å². The summed E-state index contributed by atoms with van der Waals surface area (Å²) in [6, 6.07) is 4.27. The number of nitrogens with zero attached hydrogens (tertiary/aromatic N) is 1. The van der Waals surface area contributed by atoms with Crippen LogP contribution in [0.4, 0.5) is 27.6 Å². The van der Waals surface area contributed by atoms with Crippen LogP contribution in [0.25, 0.3) is 0 Å². The van der Waals surface area contributed by atoms with E-state index in [0.717, 1.165) is 22.8 Å². The van der Waals surface area contributed by atoms with E-state index < -0.39 is 65.0 Å². The van der Waals surface area contributed by atoms with Gasteiger partial charge in [0.1, 0.15) is 23.9 Å². The summed E-state index contributed by atoms with van der Waals surface area (Å²) in [7, 11) is 0. The van der Waals surface area contributed by atoms with E-state index in [2.05, 4.69) is 10.6 Å². The number of hydrogen-bond acceptors (Lipinski definition) is 3. The molecule has 3 aromatic rings. The number of carbonyl (C=O) groups excluding carboxylic acids is 2. The molecule has 0 aliphatic carbocycles. The Labute approximate surface area is 198 Å². The second-order valence-corrected chi connectivity index (χ2v) is 7.97. The molecule has 7 nitrogen and oxygen atoms in total. The van der Waals surface area contributed by atoms with Gasteiger partial charge in [-0.05, 0) is 42.5 Å². The lowest BCUT2D eigenvalue weighted by Crippen LogP contribution is -2.40. The van der Waals surface area contributed by atoms with Crippen LogP contribution in [0.3, 0.4) is 0 Å². The second-order valence-electron chi connectivity index (χ2n) is 7.57. The number of nitrogens with one attached hydrogen (secondary N) is 2. The molecule has 2 aromatic carbocycles. The number of amides is 2. The van der Waals surface area contributed by atoms with Crippen LogP contribution >= 0.6 is 11.6 Å². The Morgan fingerprint density at radius 3 is 2.46 bits per heavy atom. The number of hydrogen-bond donors (Lipinski definition) is 3. The van der Waals surface area contributed by atoms with Gasteiger partial charge in [0.2, 0.25) is 5.91 Å². The number of carboxylic acid groups (broad SMARTS) is 1. The van der Waals surface area contributed by atoms with E-state index >= 15 is 0 Å². The van der Waals surface area contributed by atoms with Gasteiger partial charge in [-0.1, -0.05) is 11.6 Å². The molecular formula is C22H13ClF5N3O4. The van der Waals surface area contributed by atoms with Crippen LogP contribution < -0.4 is 10.6 Å². The van der Waals surface area contributed by atoms with Crippen LogP contribution in [-0.2, 0) is 17.5 Å². The zero-order valence-corrected chi connectivity index (χ0v) is 18.0. The lowest BCUT2D eigenvalue weighted by atomic mass is 10.0. The third-order valence-electron chi connectivity index (χ3n) is 5.24. The summed E-state index contributed by atoms with van der Waals surface area (Å²) < 4.78 is 67.9. The first-order chi connectivity index (χ1) is 16.3. The van der Waals surface area contributed by atoms with Gasteiger partial charge in [0.05, 0.1) is 23.0 Å². The van der Waals surface area contributed by atoms with Gasteiger partial charge < -0.3 is 20.3 Å². The average molecular weight is 514 g/mol. The third-order valence-corrected chi connectivity index (χ3v) is 5.59. The number of halogens is 6. The monoisotopic (exact) mass is 513 g/mol. The molecule has 35 heavy (non-hydrogen) atoms. The summed E-state index contributed by atoms with van der Waals surface area (Å²) in [5.74, 6) is -5.33. The summed E-state index contributed by atoms with van der Waals surface area (Å²) in [4.78, 5) is 36.9. The maximum Gasteiger partial charge on any atom is 0.416 e. The van der Waals surface area contributed by atoms with Crippen molar-refractivity contribution in [3.8, 4) is 0 Å². The van der Waals surface area contributed by atoms with Gasteiger partial charge in [-0.15, -0.1) is 0 Å². The van der Waals surface area contributed by atoms with Crippen molar-refractivity contribution >= 4 is 35.1 Å². The van der Waals surface area contributed by atoms with Gasteiger partial charge in [-0.2, -0.15) is 13.2 Å². The molecule has 1 aliphatic rings. The average Bonchev–Trinajstić information content (AvgIpc) is 3.12. The SMILES string of the molecule is O=C1Cn2c(C(=O)O)cc(NC(=O)c3cc(F)cc(C(F)(F)F)c3)c2[C@H](c2cc(F)ccc2Cl)N1. The van der Waals surface area contributed by atoms with Crippen LogP contribution in [0.2, 0.25) is 5.02 Å². The first-order valence-corrected chi connectivity index (χ1v) is 10.1. The first-order valence-electron chi connectivity index (χ1n) is 9.75. The Bertz CT molecular complexity index is 1390. The van der Waals surface area contributed by atoms with Gasteiger partial charge in [0.25, 0.3) is 5.91 Å². The van der Waals surface area contributed by atoms with Crippen molar-refractivity contribution in [3.63, 3.8) is 0 Å². The molecule has 4 rings (SSSR count). The van der Waals surface area contributed by atoms with Gasteiger partial charge >= 0.3 is 12.1 Å². The number of benzene rings is 2. The van der Waals surface area contributed by atoms with E-state index in [9.17, 15) is 41.4 Å². The molecule has 2 amide bonds. The summed E-state index contributed by atoms with van der Waals surface area (Å²) in [6.45, 7) is -0.478. The number of alkyl halides is 3. The fourth-order valence-electron chi connectivity index (χ4n) is 3.78. The number of carbonyl (C=O) groups is 3. The number of aromatic nitrogens is 1. The molecule has 0 unspecified atom stereocenters. The van der Waals surface area contributed by atoms with Crippen LogP contribution in [0, 0.1) is 11.6 Å². The Morgan fingerprint density at radius 1 is 1.09 bits per heavy atom. The smallest absolute Gasteiger partial charge is 0.416 e. The number of carboxylic acids is 1. The molecule has 0 radical (unpaired) electrons. The van der Waals surface area contributed by atoms with Crippen LogP contribution in [0.1, 0.15) is 43.7 Å². The highest BCUT2D eigenvalue weighted by atomic mass is 35.5. The van der Waals surface area contributed by atoms with Crippen LogP contribution in [0.15, 0.2) is 42.5 Å². The Morgan fingerprint density at radius 2 is 1.80 bits per heavy atom. The van der Waals surface area contributed by atoms with Crippen molar-refractivity contribution < 1.29 is 41.4 Å². The number of aromatic carboxylic acids is 1. The fourth-order valence-corrected chi connectivity index (χ4v) is 4.01. The Balaban J connectivity index is 1.83. The van der Waals surface area contributed by atoms with Gasteiger partial charge in [0, 0.05) is 16.1 Å². The van der Waals surface area contributed by atoms with E-state index in [1.54, 1.807) is 0 Å². The fraction of sp³-hybridized carbons (Fsp3) is 0.136. The summed E-state index contributed by atoms with van der Waals surface area (Å²) in [6.07, 6.45) is -4.92. The normalized spacial score (nSPS) is 15.4. The molecule has 2 heterocycles. The van der Waals surface area contributed by atoms with E-state index in [4.69, 9.17) is 11.6 Å². The van der Waals surface area contributed by atoms with Crippen molar-refractivity contribution in [1.82, 2.24) is 9.88 Å². The molecular weight excluding hydrogens is 501 g/mol. The molecule has 1 atom stereocenters. The highest BCUT2D eigenvalue weighted by Crippen LogP contribution is 2.38. The lowest BCUT2D eigenvalue weighted by Gasteiger charge is -2.29. The Kier molecular flexibility index (Phi) is 6.01. The second kappa shape index (κ2) is 8.69. The number of anilines is 1. The highest BCUT2D eigenvalue weighted by Gasteiger charge is 2.35. The summed E-state index contributed by atoms with van der Waals surface area (Å²) in [5.41, 5.74) is -2.71. The molecule has 0 saturated heterocycles. The van der Waals surface area contributed by atoms with E-state index in [1.165, 1.54) is 6.07 Å². The maximum atomic E-state index is 13.9. The minimum absolute atomic E-state index is 0.0143. The quantitative estimate of drug-likeness (QED) is 0.444. The minimum atomic E-state index is -4.92. The van der Waals surface area contributed by atoms with Crippen LogP contribution in [0.5, 0.6) is 0 Å². The van der Waals surface area contributed by atoms with Crippen molar-refractivity contribution in [2.75, 3.05) is 5.32 Å². The molecule has 182 valence electrons. The van der Waals surface area contributed by atoms with Crippen LogP contribution in [-0.4, -0.2) is 27.5 Å². The third kappa shape index (κ3) is 4.69. The standard InChI is InChI=1S/C22H13ClF5N3O4/c23-14-2-1-11(24)6-13(14)18-19-15(7-16(21(34)35)31(19)8-17(32)30-18)29-20(33)9-3-10(22(26,27)28)5-12(25)4-9/h1-7,18H,8H2,(H,29,33)(H,30,32)(H,34,35)/t18-/m0/s1. The number of fused-ring (bicyclic) bond motifs is 1. The molecule has 1 aromatic heterocycles. The van der Waals surface area contributed by atoms with Crippen molar-refractivity contribution in [3.05, 3.63) is 87.2 Å². The van der Waals surface area contributed by atoms with E-state index in [0.29, 0.717) is 12.1 Å². The molecule has 0 bridgehead atoms. The number of rotatable bonds is 4. The van der Waals surface area contributed by atoms with Crippen molar-refractivity contribution in [2.24, 2.45) is 0 Å². The predicted octanol–water partition coefficient (Wildman–Crippen LogP) is 4.61. The zero-order valence-electron chi connectivity index (χ0n) is 17.2. The maximum absolute atomic E-state index is 13.9. The molecule has 3 N–H and O–H groups in total. The summed E-state index contributed by atoms with van der Waals surface area (Å²) in [5, 5.41) is 14.4. The van der Waals surface area contributed by atoms with Gasteiger partial charge in [-0.25, -0.2) is 13.6 Å². The Hall–Kier alpha value is -3.93. The molecule has 0 fully saturated rings. The molecule has 13 heteroatoms. The highest BCUT2D eigenvalue weighted by molar-refractivity contribution is 6.31. The molecule has 0 saturated carbocycles. The predicted molar refractivity (Wildman–Crippen MR) is 112 cm³/mol. The zero-order chi connectivity index (χ0) is 25.7. The van der Waals surface area contributed by atoms with E-state index in [-0.39, 0.29) is 28.0 Å². The lowest BCUT2D eigenvalue weighted by molar-refractivity contribution is -0.137. The van der Waals surface area contributed by atoms with E-state index in [1.807, 2.05) is 0 Å². The molecule has 1 aliphatic heterocycles. The van der Waals surface area contributed by atoms with Crippen molar-refractivity contribution in [2.45, 2.75) is 18.8 Å².